The molecule has 0 bridgehead atoms. The van der Waals surface area contributed by atoms with Gasteiger partial charge in [-0.1, -0.05) is 49.4 Å². The van der Waals surface area contributed by atoms with Gasteiger partial charge in [-0.05, 0) is 54.7 Å². The Bertz CT molecular complexity index is 1180. The Hall–Kier alpha value is -3.09. The van der Waals surface area contributed by atoms with Crippen molar-refractivity contribution in [2.24, 2.45) is 0 Å². The van der Waals surface area contributed by atoms with Gasteiger partial charge < -0.3 is 4.74 Å². The number of halogens is 1. The molecular formula is C28H33FN4O. The van der Waals surface area contributed by atoms with Crippen molar-refractivity contribution in [1.82, 2.24) is 10.4 Å². The number of aryl methyl sites for hydroxylation is 1. The average molecular weight is 461 g/mol. The molecule has 0 saturated heterocycles. The van der Waals surface area contributed by atoms with Crippen LogP contribution < -0.4 is 20.7 Å². The topological polar surface area (TPSA) is 39.8 Å². The summed E-state index contributed by atoms with van der Waals surface area (Å²) in [6.07, 6.45) is 0.827. The van der Waals surface area contributed by atoms with Crippen molar-refractivity contribution in [3.63, 3.8) is 0 Å². The fraction of sp³-hybridized carbons (Fsp3) is 0.357. The maximum absolute atomic E-state index is 15.6. The van der Waals surface area contributed by atoms with Crippen LogP contribution in [0, 0.1) is 12.7 Å². The van der Waals surface area contributed by atoms with Crippen molar-refractivity contribution in [2.45, 2.75) is 46.2 Å². The summed E-state index contributed by atoms with van der Waals surface area (Å²) < 4.78 is 21.5. The molecule has 0 aromatic heterocycles. The third-order valence-corrected chi connectivity index (χ3v) is 7.06. The zero-order chi connectivity index (χ0) is 23.7. The smallest absolute Gasteiger partial charge is 0.153 e. The van der Waals surface area contributed by atoms with Gasteiger partial charge >= 0.3 is 0 Å². The summed E-state index contributed by atoms with van der Waals surface area (Å²) >= 11 is 0. The lowest BCUT2D eigenvalue weighted by atomic mass is 9.86. The minimum absolute atomic E-state index is 0.00433. The largest absolute Gasteiger partial charge is 0.492 e. The number of fused-ring (bicyclic) bond motifs is 2. The van der Waals surface area contributed by atoms with E-state index >= 15 is 4.39 Å². The second kappa shape index (κ2) is 9.65. The maximum atomic E-state index is 15.6. The van der Waals surface area contributed by atoms with Crippen LogP contribution in [-0.4, -0.2) is 24.6 Å². The van der Waals surface area contributed by atoms with Crippen LogP contribution in [0.1, 0.15) is 54.0 Å². The van der Waals surface area contributed by atoms with Crippen LogP contribution in [0.3, 0.4) is 0 Å². The highest BCUT2D eigenvalue weighted by atomic mass is 19.1. The molecule has 0 radical (unpaired) electrons. The van der Waals surface area contributed by atoms with Crippen LogP contribution in [0.4, 0.5) is 15.8 Å². The quantitative estimate of drug-likeness (QED) is 0.491. The zero-order valence-electron chi connectivity index (χ0n) is 20.2. The summed E-state index contributed by atoms with van der Waals surface area (Å²) in [5, 5.41) is 1.91. The number of anilines is 2. The van der Waals surface area contributed by atoms with E-state index in [1.54, 1.807) is 0 Å². The number of hydrogen-bond donors (Lipinski definition) is 2. The molecule has 2 N–H and O–H groups in total. The molecule has 34 heavy (non-hydrogen) atoms. The molecule has 0 aliphatic carbocycles. The molecule has 2 aliphatic rings. The van der Waals surface area contributed by atoms with E-state index in [0.717, 1.165) is 55.2 Å². The van der Waals surface area contributed by atoms with Crippen LogP contribution in [0.25, 0.3) is 0 Å². The third kappa shape index (κ3) is 4.24. The Labute approximate surface area is 201 Å². The standard InChI is InChI=1S/C28H33FN4O/c1-4-23(24-12-13-25-28(27(24)29)30-31-33(25)5-2)20-11-10-19(3)22(16-20)18-32-14-15-34-26-9-7-6-8-21(26)17-32/h6-13,16,23,30-31H,4-5,14-15,17-18H2,1-3H3. The second-order valence-electron chi connectivity index (χ2n) is 9.16. The van der Waals surface area contributed by atoms with Gasteiger partial charge in [0.15, 0.2) is 5.82 Å². The third-order valence-electron chi connectivity index (χ3n) is 7.06. The molecule has 0 amide bonds. The Balaban J connectivity index is 1.42. The van der Waals surface area contributed by atoms with Gasteiger partial charge in [0.25, 0.3) is 0 Å². The van der Waals surface area contributed by atoms with Crippen LogP contribution in [0.5, 0.6) is 5.75 Å². The molecule has 0 fully saturated rings. The van der Waals surface area contributed by atoms with E-state index in [1.807, 2.05) is 36.2 Å². The normalized spacial score (nSPS) is 16.3. The Morgan fingerprint density at radius 1 is 1.09 bits per heavy atom. The fourth-order valence-corrected chi connectivity index (χ4v) is 5.10. The summed E-state index contributed by atoms with van der Waals surface area (Å²) in [6.45, 7) is 10.3. The average Bonchev–Trinajstić information content (AvgIpc) is 3.16. The van der Waals surface area contributed by atoms with Crippen molar-refractivity contribution in [3.8, 4) is 5.75 Å². The number of nitrogens with one attached hydrogen (secondary N) is 2. The van der Waals surface area contributed by atoms with Gasteiger partial charge in [-0.2, -0.15) is 0 Å². The fourth-order valence-electron chi connectivity index (χ4n) is 5.10. The van der Waals surface area contributed by atoms with Gasteiger partial charge in [0, 0.05) is 37.7 Å². The molecule has 1 unspecified atom stereocenters. The van der Waals surface area contributed by atoms with Crippen LogP contribution in [0.2, 0.25) is 0 Å². The highest BCUT2D eigenvalue weighted by Gasteiger charge is 2.26. The molecule has 5 rings (SSSR count). The first kappa shape index (κ1) is 22.7. The summed E-state index contributed by atoms with van der Waals surface area (Å²) in [5.74, 6) is 0.810. The highest BCUT2D eigenvalue weighted by Crippen LogP contribution is 2.39. The van der Waals surface area contributed by atoms with E-state index in [2.05, 4.69) is 60.0 Å². The predicted molar refractivity (Wildman–Crippen MR) is 136 cm³/mol. The summed E-state index contributed by atoms with van der Waals surface area (Å²) in [4.78, 5) is 2.43. The Morgan fingerprint density at radius 3 is 2.76 bits per heavy atom. The lowest BCUT2D eigenvalue weighted by Crippen LogP contribution is -2.35. The summed E-state index contributed by atoms with van der Waals surface area (Å²) in [6, 6.07) is 18.9. The van der Waals surface area contributed by atoms with E-state index in [9.17, 15) is 0 Å². The predicted octanol–water partition coefficient (Wildman–Crippen LogP) is 5.74. The second-order valence-corrected chi connectivity index (χ2v) is 9.16. The van der Waals surface area contributed by atoms with E-state index < -0.39 is 0 Å². The Kier molecular flexibility index (Phi) is 6.44. The molecule has 6 heteroatoms. The van der Waals surface area contributed by atoms with Crippen molar-refractivity contribution in [3.05, 3.63) is 88.2 Å². The number of ether oxygens (including phenoxy) is 1. The molecule has 1 atom stereocenters. The number of para-hydroxylation sites is 1. The van der Waals surface area contributed by atoms with Crippen molar-refractivity contribution >= 4 is 11.4 Å². The summed E-state index contributed by atoms with van der Waals surface area (Å²) in [7, 11) is 0. The number of nitrogens with zero attached hydrogens (tertiary/aromatic N) is 2. The maximum Gasteiger partial charge on any atom is 0.153 e. The highest BCUT2D eigenvalue weighted by molar-refractivity contribution is 5.75. The molecule has 178 valence electrons. The molecular weight excluding hydrogens is 427 g/mol. The molecule has 3 aromatic carbocycles. The van der Waals surface area contributed by atoms with E-state index in [4.69, 9.17) is 4.74 Å². The number of benzene rings is 3. The van der Waals surface area contributed by atoms with Crippen LogP contribution in [0.15, 0.2) is 54.6 Å². The van der Waals surface area contributed by atoms with E-state index in [-0.39, 0.29) is 11.7 Å². The van der Waals surface area contributed by atoms with E-state index in [0.29, 0.717) is 12.3 Å². The molecule has 2 aliphatic heterocycles. The zero-order valence-corrected chi connectivity index (χ0v) is 20.2. The molecule has 0 saturated carbocycles. The van der Waals surface area contributed by atoms with Gasteiger partial charge in [-0.25, -0.2) is 4.39 Å². The number of rotatable bonds is 6. The lowest BCUT2D eigenvalue weighted by molar-refractivity contribution is 0.219. The van der Waals surface area contributed by atoms with Crippen LogP contribution >= 0.6 is 0 Å². The first-order valence-electron chi connectivity index (χ1n) is 12.2. The van der Waals surface area contributed by atoms with Crippen molar-refractivity contribution < 1.29 is 9.13 Å². The van der Waals surface area contributed by atoms with Gasteiger partial charge in [0.2, 0.25) is 0 Å². The molecule has 3 aromatic rings. The van der Waals surface area contributed by atoms with E-state index in [1.165, 1.54) is 16.7 Å². The first-order valence-corrected chi connectivity index (χ1v) is 12.2. The number of hydrogen-bond acceptors (Lipinski definition) is 5. The van der Waals surface area contributed by atoms with Gasteiger partial charge in [-0.3, -0.25) is 15.3 Å². The minimum atomic E-state index is -0.170. The van der Waals surface area contributed by atoms with Gasteiger partial charge in [0.1, 0.15) is 18.0 Å². The Morgan fingerprint density at radius 2 is 1.94 bits per heavy atom. The number of hydrazine groups is 2. The molecule has 2 heterocycles. The monoisotopic (exact) mass is 460 g/mol. The SMILES string of the molecule is CCC(c1ccc(C)c(CN2CCOc3ccccc3C2)c1)c1ccc2c(c1F)NNN2CC. The first-order chi connectivity index (χ1) is 16.6. The van der Waals surface area contributed by atoms with Crippen molar-refractivity contribution in [1.29, 1.82) is 0 Å². The summed E-state index contributed by atoms with van der Waals surface area (Å²) in [5.41, 5.74) is 13.1. The minimum Gasteiger partial charge on any atom is -0.492 e. The van der Waals surface area contributed by atoms with Gasteiger partial charge in [-0.15, -0.1) is 5.53 Å². The van der Waals surface area contributed by atoms with Crippen molar-refractivity contribution in [2.75, 3.05) is 30.1 Å². The molecule has 0 spiro atoms. The van der Waals surface area contributed by atoms with Crippen LogP contribution in [-0.2, 0) is 13.1 Å². The van der Waals surface area contributed by atoms with Gasteiger partial charge in [0.05, 0.1) is 5.69 Å². The molecule has 5 nitrogen and oxygen atoms in total. The lowest BCUT2D eigenvalue weighted by Gasteiger charge is -2.23.